The van der Waals surface area contributed by atoms with Crippen LogP contribution >= 0.6 is 22.6 Å². The SMILES string of the molecule is CNc1ccnc(Cn2cnc(C)c(I)c2=O)c1. The minimum atomic E-state index is -0.0280. The van der Waals surface area contributed by atoms with Crippen LogP contribution in [0, 0.1) is 10.5 Å². The molecule has 0 spiro atoms. The molecule has 2 aromatic rings. The van der Waals surface area contributed by atoms with Crippen molar-refractivity contribution in [3.63, 3.8) is 0 Å². The number of aryl methyl sites for hydroxylation is 1. The maximum Gasteiger partial charge on any atom is 0.267 e. The molecule has 0 aliphatic heterocycles. The van der Waals surface area contributed by atoms with Crippen LogP contribution in [0.1, 0.15) is 11.4 Å². The minimum Gasteiger partial charge on any atom is -0.388 e. The molecule has 2 heterocycles. The summed E-state index contributed by atoms with van der Waals surface area (Å²) in [5, 5.41) is 3.04. The summed E-state index contributed by atoms with van der Waals surface area (Å²) in [6, 6.07) is 3.79. The molecule has 0 atom stereocenters. The van der Waals surface area contributed by atoms with Crippen LogP contribution in [0.2, 0.25) is 0 Å². The molecule has 0 radical (unpaired) electrons. The van der Waals surface area contributed by atoms with Gasteiger partial charge in [0.15, 0.2) is 0 Å². The molecule has 2 rings (SSSR count). The highest BCUT2D eigenvalue weighted by molar-refractivity contribution is 14.1. The summed E-state index contributed by atoms with van der Waals surface area (Å²) in [6.45, 7) is 2.25. The Kier molecular flexibility index (Phi) is 3.95. The lowest BCUT2D eigenvalue weighted by molar-refractivity contribution is 0.708. The van der Waals surface area contributed by atoms with Gasteiger partial charge in [0.2, 0.25) is 0 Å². The summed E-state index contributed by atoms with van der Waals surface area (Å²) in [7, 11) is 1.85. The lowest BCUT2D eigenvalue weighted by Gasteiger charge is -2.07. The Balaban J connectivity index is 2.34. The van der Waals surface area contributed by atoms with Crippen LogP contribution in [0.15, 0.2) is 29.5 Å². The molecular formula is C12H13IN4O. The monoisotopic (exact) mass is 356 g/mol. The van der Waals surface area contributed by atoms with Gasteiger partial charge in [-0.25, -0.2) is 4.98 Å². The largest absolute Gasteiger partial charge is 0.388 e. The molecule has 0 aliphatic rings. The van der Waals surface area contributed by atoms with E-state index in [1.165, 1.54) is 0 Å². The van der Waals surface area contributed by atoms with Gasteiger partial charge >= 0.3 is 0 Å². The zero-order valence-electron chi connectivity index (χ0n) is 10.1. The molecule has 0 fully saturated rings. The van der Waals surface area contributed by atoms with E-state index in [0.717, 1.165) is 17.1 Å². The number of halogens is 1. The number of aromatic nitrogens is 3. The summed E-state index contributed by atoms with van der Waals surface area (Å²) in [4.78, 5) is 20.5. The molecule has 94 valence electrons. The first-order valence-corrected chi connectivity index (χ1v) is 6.54. The fourth-order valence-corrected chi connectivity index (χ4v) is 2.00. The van der Waals surface area contributed by atoms with Gasteiger partial charge in [-0.1, -0.05) is 0 Å². The third-order valence-electron chi connectivity index (χ3n) is 2.59. The lowest BCUT2D eigenvalue weighted by Crippen LogP contribution is -2.24. The van der Waals surface area contributed by atoms with E-state index >= 15 is 0 Å². The van der Waals surface area contributed by atoms with Crippen LogP contribution in [0.25, 0.3) is 0 Å². The second kappa shape index (κ2) is 5.47. The fourth-order valence-electron chi connectivity index (χ4n) is 1.55. The number of anilines is 1. The van der Waals surface area contributed by atoms with Crippen molar-refractivity contribution in [3.8, 4) is 0 Å². The Labute approximate surface area is 118 Å². The molecule has 5 nitrogen and oxygen atoms in total. The first-order chi connectivity index (χ1) is 8.61. The third kappa shape index (κ3) is 2.69. The Hall–Kier alpha value is -1.44. The number of rotatable bonds is 3. The Morgan fingerprint density at radius 3 is 2.94 bits per heavy atom. The molecule has 0 saturated heterocycles. The van der Waals surface area contributed by atoms with Crippen LogP contribution in [0.5, 0.6) is 0 Å². The van der Waals surface area contributed by atoms with Crippen molar-refractivity contribution in [3.05, 3.63) is 50.0 Å². The number of hydrogen-bond donors (Lipinski definition) is 1. The molecule has 0 unspecified atom stereocenters. The molecule has 2 aromatic heterocycles. The van der Waals surface area contributed by atoms with E-state index in [2.05, 4.69) is 15.3 Å². The van der Waals surface area contributed by atoms with Crippen LogP contribution in [-0.2, 0) is 6.54 Å². The third-order valence-corrected chi connectivity index (χ3v) is 3.84. The van der Waals surface area contributed by atoms with E-state index in [1.807, 2.05) is 48.7 Å². The van der Waals surface area contributed by atoms with Gasteiger partial charge in [-0.15, -0.1) is 0 Å². The highest BCUT2D eigenvalue weighted by atomic mass is 127. The van der Waals surface area contributed by atoms with Gasteiger partial charge in [0.05, 0.1) is 27.8 Å². The van der Waals surface area contributed by atoms with E-state index in [0.29, 0.717) is 10.1 Å². The highest BCUT2D eigenvalue weighted by Crippen LogP contribution is 2.08. The Morgan fingerprint density at radius 1 is 1.44 bits per heavy atom. The molecular weight excluding hydrogens is 343 g/mol. The summed E-state index contributed by atoms with van der Waals surface area (Å²) in [5.41, 5.74) is 2.53. The van der Waals surface area contributed by atoms with Gasteiger partial charge < -0.3 is 5.32 Å². The van der Waals surface area contributed by atoms with E-state index in [4.69, 9.17) is 0 Å². The van der Waals surface area contributed by atoms with Crippen molar-refractivity contribution < 1.29 is 0 Å². The number of pyridine rings is 1. The fraction of sp³-hybridized carbons (Fsp3) is 0.250. The van der Waals surface area contributed by atoms with Crippen molar-refractivity contribution in [2.75, 3.05) is 12.4 Å². The first-order valence-electron chi connectivity index (χ1n) is 5.46. The second-order valence-electron chi connectivity index (χ2n) is 3.86. The molecule has 0 saturated carbocycles. The van der Waals surface area contributed by atoms with E-state index in [-0.39, 0.29) is 5.56 Å². The van der Waals surface area contributed by atoms with Crippen LogP contribution in [0.4, 0.5) is 5.69 Å². The second-order valence-corrected chi connectivity index (χ2v) is 4.94. The summed E-state index contributed by atoms with van der Waals surface area (Å²) < 4.78 is 2.22. The van der Waals surface area contributed by atoms with Gasteiger partial charge in [0, 0.05) is 18.9 Å². The van der Waals surface area contributed by atoms with Crippen molar-refractivity contribution in [1.29, 1.82) is 0 Å². The van der Waals surface area contributed by atoms with E-state index < -0.39 is 0 Å². The predicted molar refractivity (Wildman–Crippen MR) is 78.8 cm³/mol. The molecule has 1 N–H and O–H groups in total. The molecule has 6 heteroatoms. The quantitative estimate of drug-likeness (QED) is 0.850. The maximum atomic E-state index is 12.0. The van der Waals surface area contributed by atoms with Gasteiger partial charge in [0.1, 0.15) is 0 Å². The molecule has 0 aromatic carbocycles. The van der Waals surface area contributed by atoms with Gasteiger partial charge in [-0.3, -0.25) is 14.3 Å². The maximum absolute atomic E-state index is 12.0. The van der Waals surface area contributed by atoms with Crippen LogP contribution < -0.4 is 10.9 Å². The molecule has 0 amide bonds. The Bertz CT molecular complexity index is 624. The normalized spacial score (nSPS) is 10.4. The predicted octanol–water partition coefficient (Wildman–Crippen LogP) is 1.64. The average Bonchev–Trinajstić information content (AvgIpc) is 2.40. The van der Waals surface area contributed by atoms with Gasteiger partial charge in [-0.05, 0) is 41.6 Å². The molecule has 0 bridgehead atoms. The number of nitrogens with zero attached hydrogens (tertiary/aromatic N) is 3. The smallest absolute Gasteiger partial charge is 0.267 e. The zero-order chi connectivity index (χ0) is 13.1. The minimum absolute atomic E-state index is 0.0280. The summed E-state index contributed by atoms with van der Waals surface area (Å²) in [5.74, 6) is 0. The van der Waals surface area contributed by atoms with Crippen molar-refractivity contribution in [2.24, 2.45) is 0 Å². The van der Waals surface area contributed by atoms with Gasteiger partial charge in [0.25, 0.3) is 5.56 Å². The first kappa shape index (κ1) is 13.0. The number of hydrogen-bond acceptors (Lipinski definition) is 4. The average molecular weight is 356 g/mol. The highest BCUT2D eigenvalue weighted by Gasteiger charge is 2.06. The van der Waals surface area contributed by atoms with E-state index in [1.54, 1.807) is 17.1 Å². The Morgan fingerprint density at radius 2 is 2.22 bits per heavy atom. The zero-order valence-corrected chi connectivity index (χ0v) is 12.3. The van der Waals surface area contributed by atoms with Crippen LogP contribution in [0.3, 0.4) is 0 Å². The molecule has 18 heavy (non-hydrogen) atoms. The van der Waals surface area contributed by atoms with Crippen molar-refractivity contribution in [1.82, 2.24) is 14.5 Å². The molecule has 0 aliphatic carbocycles. The van der Waals surface area contributed by atoms with E-state index in [9.17, 15) is 4.79 Å². The van der Waals surface area contributed by atoms with Gasteiger partial charge in [-0.2, -0.15) is 0 Å². The van der Waals surface area contributed by atoms with Crippen molar-refractivity contribution >= 4 is 28.3 Å². The lowest BCUT2D eigenvalue weighted by atomic mass is 10.3. The summed E-state index contributed by atoms with van der Waals surface area (Å²) in [6.07, 6.45) is 3.28. The topological polar surface area (TPSA) is 59.8 Å². The summed E-state index contributed by atoms with van der Waals surface area (Å²) >= 11 is 2.02. The number of nitrogens with one attached hydrogen (secondary N) is 1. The standard InChI is InChI=1S/C12H13IN4O/c1-8-11(13)12(18)17(7-16-8)6-10-5-9(14-2)3-4-15-10/h3-5,7H,6H2,1-2H3,(H,14,15). The van der Waals surface area contributed by atoms with Crippen LogP contribution in [-0.4, -0.2) is 21.6 Å². The van der Waals surface area contributed by atoms with Crippen molar-refractivity contribution in [2.45, 2.75) is 13.5 Å².